The van der Waals surface area contributed by atoms with E-state index >= 15 is 0 Å². The fourth-order valence-electron chi connectivity index (χ4n) is 2.50. The molecule has 108 valence electrons. The normalized spacial score (nSPS) is 26.7. The number of likely N-dealkylation sites (tertiary alicyclic amines) is 1. The molecule has 0 N–H and O–H groups in total. The standard InChI is InChI=1S/C13H28N2O2S/c1-5-6-7-10-18(16,17)15(4)13-8-9-14(3)12(2)11-13/h12-13H,5-11H2,1-4H3. The molecule has 0 spiro atoms. The molecule has 1 aliphatic rings. The molecule has 0 saturated carbocycles. The molecule has 0 aromatic heterocycles. The van der Waals surface area contributed by atoms with Crippen molar-refractivity contribution in [1.82, 2.24) is 9.21 Å². The number of rotatable bonds is 6. The summed E-state index contributed by atoms with van der Waals surface area (Å²) in [5.74, 6) is 0.304. The van der Waals surface area contributed by atoms with Crippen LogP contribution in [0.4, 0.5) is 0 Å². The van der Waals surface area contributed by atoms with Crippen molar-refractivity contribution in [2.45, 2.75) is 58.0 Å². The molecule has 5 heteroatoms. The molecule has 0 aromatic rings. The molecule has 18 heavy (non-hydrogen) atoms. The average molecular weight is 276 g/mol. The fourth-order valence-corrected chi connectivity index (χ4v) is 4.00. The molecule has 1 aliphatic heterocycles. The molecule has 1 saturated heterocycles. The van der Waals surface area contributed by atoms with Crippen LogP contribution in [-0.2, 0) is 10.0 Å². The summed E-state index contributed by atoms with van der Waals surface area (Å²) >= 11 is 0. The molecule has 1 rings (SSSR count). The predicted octanol–water partition coefficient (Wildman–Crippen LogP) is 1.92. The van der Waals surface area contributed by atoms with Crippen LogP contribution in [0.2, 0.25) is 0 Å². The van der Waals surface area contributed by atoms with Crippen molar-refractivity contribution >= 4 is 10.0 Å². The van der Waals surface area contributed by atoms with Crippen LogP contribution in [0, 0.1) is 0 Å². The second kappa shape index (κ2) is 6.87. The molecule has 0 aromatic carbocycles. The van der Waals surface area contributed by atoms with Gasteiger partial charge in [-0.15, -0.1) is 0 Å². The highest BCUT2D eigenvalue weighted by Gasteiger charge is 2.31. The van der Waals surface area contributed by atoms with Gasteiger partial charge in [0.15, 0.2) is 0 Å². The molecule has 0 aliphatic carbocycles. The van der Waals surface area contributed by atoms with E-state index in [1.54, 1.807) is 11.4 Å². The average Bonchev–Trinajstić information content (AvgIpc) is 2.32. The first kappa shape index (κ1) is 15.9. The Balaban J connectivity index is 2.55. The van der Waals surface area contributed by atoms with E-state index in [0.29, 0.717) is 11.8 Å². The number of sulfonamides is 1. The van der Waals surface area contributed by atoms with Crippen LogP contribution < -0.4 is 0 Å². The molecule has 2 atom stereocenters. The Labute approximate surface area is 112 Å². The zero-order chi connectivity index (χ0) is 13.8. The van der Waals surface area contributed by atoms with E-state index in [1.807, 2.05) is 0 Å². The van der Waals surface area contributed by atoms with Crippen molar-refractivity contribution in [2.75, 3.05) is 26.4 Å². The molecule has 0 radical (unpaired) electrons. The Bertz CT molecular complexity index is 343. The Morgan fingerprint density at radius 1 is 1.33 bits per heavy atom. The maximum atomic E-state index is 12.2. The van der Waals surface area contributed by atoms with E-state index in [2.05, 4.69) is 25.8 Å². The third kappa shape index (κ3) is 4.21. The van der Waals surface area contributed by atoms with Gasteiger partial charge in [-0.1, -0.05) is 19.8 Å². The second-order valence-corrected chi connectivity index (χ2v) is 7.70. The molecule has 2 unspecified atom stereocenters. The lowest BCUT2D eigenvalue weighted by atomic mass is 9.99. The van der Waals surface area contributed by atoms with Gasteiger partial charge >= 0.3 is 0 Å². The van der Waals surface area contributed by atoms with Crippen LogP contribution >= 0.6 is 0 Å². The predicted molar refractivity (Wildman–Crippen MR) is 76.2 cm³/mol. The minimum Gasteiger partial charge on any atom is -0.304 e. The summed E-state index contributed by atoms with van der Waals surface area (Å²) in [6, 6.07) is 0.653. The highest BCUT2D eigenvalue weighted by molar-refractivity contribution is 7.89. The molecular weight excluding hydrogens is 248 g/mol. The topological polar surface area (TPSA) is 40.6 Å². The maximum absolute atomic E-state index is 12.2. The summed E-state index contributed by atoms with van der Waals surface area (Å²) in [4.78, 5) is 2.30. The number of hydrogen-bond acceptors (Lipinski definition) is 3. The van der Waals surface area contributed by atoms with E-state index in [0.717, 1.165) is 38.6 Å². The summed E-state index contributed by atoms with van der Waals surface area (Å²) in [5, 5.41) is 0. The molecule has 0 amide bonds. The van der Waals surface area contributed by atoms with Gasteiger partial charge < -0.3 is 4.90 Å². The number of piperidine rings is 1. The van der Waals surface area contributed by atoms with Crippen molar-refractivity contribution < 1.29 is 8.42 Å². The van der Waals surface area contributed by atoms with Gasteiger partial charge in [-0.25, -0.2) is 12.7 Å². The molecule has 4 nitrogen and oxygen atoms in total. The highest BCUT2D eigenvalue weighted by Crippen LogP contribution is 2.22. The first-order chi connectivity index (χ1) is 8.38. The van der Waals surface area contributed by atoms with E-state index < -0.39 is 10.0 Å². The SMILES string of the molecule is CCCCCS(=O)(=O)N(C)C1CCN(C)C(C)C1. The lowest BCUT2D eigenvalue weighted by Crippen LogP contribution is -2.48. The van der Waals surface area contributed by atoms with Gasteiger partial charge in [-0.3, -0.25) is 0 Å². The fraction of sp³-hybridized carbons (Fsp3) is 1.00. The summed E-state index contributed by atoms with van der Waals surface area (Å²) in [6.45, 7) is 5.25. The second-order valence-electron chi connectivity index (χ2n) is 5.55. The van der Waals surface area contributed by atoms with Crippen molar-refractivity contribution in [1.29, 1.82) is 0 Å². The van der Waals surface area contributed by atoms with Crippen LogP contribution in [0.25, 0.3) is 0 Å². The Morgan fingerprint density at radius 3 is 2.56 bits per heavy atom. The summed E-state index contributed by atoms with van der Waals surface area (Å²) in [6.07, 6.45) is 4.73. The minimum absolute atomic E-state index is 0.183. The third-order valence-electron chi connectivity index (χ3n) is 4.14. The van der Waals surface area contributed by atoms with Gasteiger partial charge in [0.25, 0.3) is 0 Å². The smallest absolute Gasteiger partial charge is 0.214 e. The monoisotopic (exact) mass is 276 g/mol. The summed E-state index contributed by atoms with van der Waals surface area (Å²) in [7, 11) is 0.803. The van der Waals surface area contributed by atoms with Crippen LogP contribution in [0.5, 0.6) is 0 Å². The van der Waals surface area contributed by atoms with Crippen molar-refractivity contribution in [2.24, 2.45) is 0 Å². The Morgan fingerprint density at radius 2 is 2.00 bits per heavy atom. The third-order valence-corrected chi connectivity index (χ3v) is 6.12. The summed E-state index contributed by atoms with van der Waals surface area (Å²) in [5.41, 5.74) is 0. The maximum Gasteiger partial charge on any atom is 0.214 e. The lowest BCUT2D eigenvalue weighted by Gasteiger charge is -2.38. The van der Waals surface area contributed by atoms with E-state index in [9.17, 15) is 8.42 Å². The van der Waals surface area contributed by atoms with E-state index in [-0.39, 0.29) is 6.04 Å². The van der Waals surface area contributed by atoms with E-state index in [4.69, 9.17) is 0 Å². The first-order valence-electron chi connectivity index (χ1n) is 7.04. The van der Waals surface area contributed by atoms with Crippen LogP contribution in [-0.4, -0.2) is 56.1 Å². The largest absolute Gasteiger partial charge is 0.304 e. The number of nitrogens with zero attached hydrogens (tertiary/aromatic N) is 2. The van der Waals surface area contributed by atoms with Gasteiger partial charge in [0.2, 0.25) is 10.0 Å². The zero-order valence-electron chi connectivity index (χ0n) is 12.2. The van der Waals surface area contributed by atoms with Crippen LogP contribution in [0.3, 0.4) is 0 Å². The van der Waals surface area contributed by atoms with E-state index in [1.165, 1.54) is 0 Å². The molecule has 0 bridgehead atoms. The summed E-state index contributed by atoms with van der Waals surface area (Å²) < 4.78 is 26.0. The van der Waals surface area contributed by atoms with Gasteiger partial charge in [0.05, 0.1) is 5.75 Å². The Kier molecular flexibility index (Phi) is 6.08. The lowest BCUT2D eigenvalue weighted by molar-refractivity contribution is 0.142. The van der Waals surface area contributed by atoms with Crippen molar-refractivity contribution in [3.63, 3.8) is 0 Å². The zero-order valence-corrected chi connectivity index (χ0v) is 13.0. The number of hydrogen-bond donors (Lipinski definition) is 0. The molecular formula is C13H28N2O2S. The molecule has 1 fully saturated rings. The van der Waals surface area contributed by atoms with Gasteiger partial charge in [0, 0.05) is 19.1 Å². The quantitative estimate of drug-likeness (QED) is 0.696. The van der Waals surface area contributed by atoms with Crippen LogP contribution in [0.15, 0.2) is 0 Å². The van der Waals surface area contributed by atoms with Crippen molar-refractivity contribution in [3.05, 3.63) is 0 Å². The minimum atomic E-state index is -3.06. The highest BCUT2D eigenvalue weighted by atomic mass is 32.2. The van der Waals surface area contributed by atoms with Gasteiger partial charge in [-0.05, 0) is 39.8 Å². The first-order valence-corrected chi connectivity index (χ1v) is 8.65. The number of unbranched alkanes of at least 4 members (excludes halogenated alkanes) is 2. The van der Waals surface area contributed by atoms with Crippen LogP contribution in [0.1, 0.15) is 46.0 Å². The van der Waals surface area contributed by atoms with Gasteiger partial charge in [0.1, 0.15) is 0 Å². The van der Waals surface area contributed by atoms with Gasteiger partial charge in [-0.2, -0.15) is 0 Å². The van der Waals surface area contributed by atoms with Crippen molar-refractivity contribution in [3.8, 4) is 0 Å². The Hall–Kier alpha value is -0.130. The molecule has 1 heterocycles.